The predicted molar refractivity (Wildman–Crippen MR) is 174 cm³/mol. The molecule has 1 unspecified atom stereocenters. The Balaban J connectivity index is 1.32. The van der Waals surface area contributed by atoms with Gasteiger partial charge in [-0.1, -0.05) is 78.9 Å². The van der Waals surface area contributed by atoms with Gasteiger partial charge in [0, 0.05) is 16.5 Å². The highest BCUT2D eigenvalue weighted by atomic mass is 32.1. The lowest BCUT2D eigenvalue weighted by Gasteiger charge is -2.18. The van der Waals surface area contributed by atoms with Crippen molar-refractivity contribution in [1.29, 1.82) is 5.26 Å². The summed E-state index contributed by atoms with van der Waals surface area (Å²) in [4.78, 5) is 36.6. The van der Waals surface area contributed by atoms with Crippen molar-refractivity contribution in [2.75, 3.05) is 5.32 Å². The number of carbonyl (C=O) groups excluding carboxylic acids is 1. The first-order valence-electron chi connectivity index (χ1n) is 14.0. The lowest BCUT2D eigenvalue weighted by atomic mass is 9.95. The van der Waals surface area contributed by atoms with E-state index in [0.29, 0.717) is 44.5 Å². The number of nitrogens with zero attached hydrogens (tertiary/aromatic N) is 5. The van der Waals surface area contributed by atoms with E-state index in [-0.39, 0.29) is 5.82 Å². The molecule has 10 heteroatoms. The first-order chi connectivity index (χ1) is 22.1. The maximum absolute atomic E-state index is 13.7. The molecule has 45 heavy (non-hydrogen) atoms. The van der Waals surface area contributed by atoms with E-state index < -0.39 is 17.5 Å². The molecule has 8 rings (SSSR count). The minimum atomic E-state index is -1.14. The second-order valence-electron chi connectivity index (χ2n) is 10.4. The number of nitriles is 1. The van der Waals surface area contributed by atoms with Crippen LogP contribution in [0.5, 0.6) is 0 Å². The third-order valence-electron chi connectivity index (χ3n) is 7.69. The van der Waals surface area contributed by atoms with Crippen LogP contribution < -0.4 is 10.9 Å². The molecule has 1 aliphatic rings. The first kappa shape index (κ1) is 26.4. The number of carbonyl (C=O) groups is 1. The number of nitrogens with one attached hydrogen (secondary N) is 1. The molecule has 1 N–H and O–H groups in total. The Morgan fingerprint density at radius 2 is 1.64 bits per heavy atom. The highest BCUT2D eigenvalue weighted by Crippen LogP contribution is 2.43. The topological polar surface area (TPSA) is 126 Å². The summed E-state index contributed by atoms with van der Waals surface area (Å²) in [5.41, 5.74) is 2.93. The Morgan fingerprint density at radius 3 is 2.44 bits per heavy atom. The van der Waals surface area contributed by atoms with Crippen LogP contribution in [-0.4, -0.2) is 26.4 Å². The fraction of sp³-hybridized carbons (Fsp3) is 0.0286. The molecule has 4 aromatic carbocycles. The number of rotatable bonds is 5. The highest BCUT2D eigenvalue weighted by Gasteiger charge is 2.37. The van der Waals surface area contributed by atoms with Gasteiger partial charge in [-0.3, -0.25) is 4.79 Å². The predicted octanol–water partition coefficient (Wildman–Crippen LogP) is 7.59. The molecule has 0 saturated heterocycles. The number of hydrogen-bond acceptors (Lipinski definition) is 9. The summed E-state index contributed by atoms with van der Waals surface area (Å²) in [5.74, 6) is -1.05. The molecule has 0 amide bonds. The number of hydrogen-bond donors (Lipinski definition) is 1. The zero-order chi connectivity index (χ0) is 30.5. The van der Waals surface area contributed by atoms with Gasteiger partial charge in [0.2, 0.25) is 0 Å². The molecule has 9 nitrogen and oxygen atoms in total. The van der Waals surface area contributed by atoms with E-state index in [4.69, 9.17) is 14.4 Å². The normalized spacial score (nSPS) is 14.2. The summed E-state index contributed by atoms with van der Waals surface area (Å²) in [7, 11) is 0. The molecular formula is C35H20N6O3S. The van der Waals surface area contributed by atoms with E-state index in [1.165, 1.54) is 16.0 Å². The lowest BCUT2D eigenvalue weighted by Crippen LogP contribution is -2.32. The minimum Gasteiger partial charge on any atom is -0.422 e. The molecule has 0 aliphatic carbocycles. The van der Waals surface area contributed by atoms with Crippen molar-refractivity contribution < 1.29 is 9.21 Å². The van der Waals surface area contributed by atoms with Gasteiger partial charge in [0.25, 0.3) is 5.91 Å². The van der Waals surface area contributed by atoms with Gasteiger partial charge >= 0.3 is 5.63 Å². The van der Waals surface area contributed by atoms with Crippen molar-refractivity contribution in [3.05, 3.63) is 124 Å². The number of thiazole rings is 1. The Labute approximate surface area is 259 Å². The van der Waals surface area contributed by atoms with E-state index >= 15 is 0 Å². The number of aliphatic imine (C=N–C) groups is 1. The molecular weight excluding hydrogens is 584 g/mol. The second-order valence-corrected chi connectivity index (χ2v) is 11.3. The molecule has 4 heterocycles. The molecule has 3 aromatic heterocycles. The quantitative estimate of drug-likeness (QED) is 0.158. The third kappa shape index (κ3) is 4.42. The van der Waals surface area contributed by atoms with Gasteiger partial charge in [0.15, 0.2) is 17.6 Å². The second kappa shape index (κ2) is 10.5. The molecule has 0 radical (unpaired) electrons. The monoisotopic (exact) mass is 604 g/mol. The zero-order valence-electron chi connectivity index (χ0n) is 23.3. The highest BCUT2D eigenvalue weighted by molar-refractivity contribution is 7.13. The van der Waals surface area contributed by atoms with E-state index in [1.54, 1.807) is 11.4 Å². The summed E-state index contributed by atoms with van der Waals surface area (Å²) in [6, 6.07) is 34.1. The van der Waals surface area contributed by atoms with Crippen molar-refractivity contribution in [3.63, 3.8) is 0 Å². The maximum atomic E-state index is 13.7. The van der Waals surface area contributed by atoms with Crippen molar-refractivity contribution in [3.8, 4) is 27.9 Å². The van der Waals surface area contributed by atoms with Crippen molar-refractivity contribution in [2.45, 2.75) is 0 Å². The summed E-state index contributed by atoms with van der Waals surface area (Å²) >= 11 is 1.29. The Bertz CT molecular complexity index is 2420. The van der Waals surface area contributed by atoms with Gasteiger partial charge < -0.3 is 9.73 Å². The Hall–Kier alpha value is -6.18. The summed E-state index contributed by atoms with van der Waals surface area (Å²) in [6.07, 6.45) is 0. The first-order valence-corrected chi connectivity index (χ1v) is 14.9. The molecule has 0 spiro atoms. The fourth-order valence-electron chi connectivity index (χ4n) is 5.55. The molecule has 7 aromatic rings. The summed E-state index contributed by atoms with van der Waals surface area (Å²) in [6.45, 7) is 0. The van der Waals surface area contributed by atoms with Crippen molar-refractivity contribution in [2.24, 2.45) is 10.9 Å². The Kier molecular flexibility index (Phi) is 6.18. The smallest absolute Gasteiger partial charge is 0.345 e. The molecule has 1 aliphatic heterocycles. The van der Waals surface area contributed by atoms with E-state index in [0.717, 1.165) is 21.8 Å². The number of aromatic nitrogens is 3. The fourth-order valence-corrected chi connectivity index (χ4v) is 6.41. The molecule has 0 bridgehead atoms. The van der Waals surface area contributed by atoms with Crippen molar-refractivity contribution >= 4 is 62.0 Å². The molecule has 214 valence electrons. The number of benzene rings is 4. The van der Waals surface area contributed by atoms with Gasteiger partial charge in [-0.25, -0.2) is 14.8 Å². The maximum Gasteiger partial charge on any atom is 0.345 e. The van der Waals surface area contributed by atoms with Crippen LogP contribution in [0.2, 0.25) is 0 Å². The average Bonchev–Trinajstić information content (AvgIpc) is 3.70. The van der Waals surface area contributed by atoms with Crippen LogP contribution in [0.1, 0.15) is 10.4 Å². The summed E-state index contributed by atoms with van der Waals surface area (Å²) < 4.78 is 6.90. The van der Waals surface area contributed by atoms with Crippen LogP contribution >= 0.6 is 11.3 Å². The van der Waals surface area contributed by atoms with Crippen molar-refractivity contribution in [1.82, 2.24) is 14.8 Å². The lowest BCUT2D eigenvalue weighted by molar-refractivity contribution is 0.0877. The Morgan fingerprint density at radius 1 is 0.889 bits per heavy atom. The van der Waals surface area contributed by atoms with Crippen LogP contribution in [0.4, 0.5) is 17.3 Å². The van der Waals surface area contributed by atoms with Gasteiger partial charge in [-0.15, -0.1) is 16.4 Å². The number of fused-ring (bicyclic) bond motifs is 4. The van der Waals surface area contributed by atoms with Gasteiger partial charge in [0.1, 0.15) is 10.6 Å². The molecule has 0 fully saturated rings. The van der Waals surface area contributed by atoms with Gasteiger partial charge in [0.05, 0.1) is 28.6 Å². The van der Waals surface area contributed by atoms with Crippen LogP contribution in [0.3, 0.4) is 0 Å². The van der Waals surface area contributed by atoms with E-state index in [1.807, 2.05) is 97.1 Å². The minimum absolute atomic E-state index is 0.251. The molecule has 0 saturated carbocycles. The van der Waals surface area contributed by atoms with Crippen LogP contribution in [0, 0.1) is 17.2 Å². The zero-order valence-corrected chi connectivity index (χ0v) is 24.2. The number of anilines is 2. The van der Waals surface area contributed by atoms with Crippen LogP contribution in [-0.2, 0) is 0 Å². The van der Waals surface area contributed by atoms with Crippen LogP contribution in [0.25, 0.3) is 43.6 Å². The molecule has 1 atom stereocenters. The summed E-state index contributed by atoms with van der Waals surface area (Å²) in [5, 5.41) is 22.9. The number of para-hydroxylation sites is 1. The SMILES string of the molecule is N#CC1C(=O)n2nc(Nc3ccccc3)c(-c3nc(-c4cc5c(ccc6ccccc65)oc4=O)cs3)c2N=C1c1ccccc1. The largest absolute Gasteiger partial charge is 0.422 e. The standard InChI is InChI=1S/C35H20N6O3S/c36-18-26-30(21-10-3-1-4-11-21)39-32-29(31(40-41(32)34(26)42)37-22-12-5-2-6-13-22)33-38-27(19-45-33)25-17-24-23-14-8-7-9-20(23)15-16-28(24)44-35(25)43/h1-17,19,26H,(H,37,40). The van der Waals surface area contributed by atoms with Gasteiger partial charge in [-0.2, -0.15) is 9.94 Å². The van der Waals surface area contributed by atoms with Gasteiger partial charge in [-0.05, 0) is 40.6 Å². The average molecular weight is 605 g/mol. The van der Waals surface area contributed by atoms with E-state index in [9.17, 15) is 14.9 Å². The van der Waals surface area contributed by atoms with Crippen LogP contribution in [0.15, 0.2) is 123 Å². The van der Waals surface area contributed by atoms with E-state index in [2.05, 4.69) is 16.5 Å². The third-order valence-corrected chi connectivity index (χ3v) is 8.55.